The molecule has 0 unspecified atom stereocenters. The van der Waals surface area contributed by atoms with Crippen molar-refractivity contribution in [2.75, 3.05) is 32.1 Å². The Labute approximate surface area is 213 Å². The van der Waals surface area contributed by atoms with E-state index in [1.807, 2.05) is 19.9 Å². The van der Waals surface area contributed by atoms with Gasteiger partial charge in [-0.3, -0.25) is 4.79 Å². The molecule has 200 valence electrons. The Bertz CT molecular complexity index is 1140. The van der Waals surface area contributed by atoms with Crippen LogP contribution in [-0.4, -0.2) is 70.7 Å². The summed E-state index contributed by atoms with van der Waals surface area (Å²) in [6.07, 6.45) is 0.172. The van der Waals surface area contributed by atoms with Crippen molar-refractivity contribution >= 4 is 23.7 Å². The van der Waals surface area contributed by atoms with Crippen molar-refractivity contribution in [3.8, 4) is 5.88 Å². The Morgan fingerprint density at radius 3 is 2.62 bits per heavy atom. The third-order valence-corrected chi connectivity index (χ3v) is 6.17. The molecule has 0 saturated carbocycles. The van der Waals surface area contributed by atoms with E-state index in [0.29, 0.717) is 5.56 Å². The average molecular weight is 521 g/mol. The van der Waals surface area contributed by atoms with Crippen LogP contribution in [-0.2, 0) is 6.18 Å². The van der Waals surface area contributed by atoms with Crippen molar-refractivity contribution in [1.82, 2.24) is 14.8 Å². The number of hydrogen-bond donors (Lipinski definition) is 2. The van der Waals surface area contributed by atoms with Gasteiger partial charge in [0.1, 0.15) is 11.7 Å². The lowest BCUT2D eigenvalue weighted by molar-refractivity contribution is -0.137. The molecule has 0 spiro atoms. The van der Waals surface area contributed by atoms with Gasteiger partial charge in [-0.1, -0.05) is 19.1 Å². The van der Waals surface area contributed by atoms with Crippen LogP contribution in [0.3, 0.4) is 0 Å². The van der Waals surface area contributed by atoms with Crippen molar-refractivity contribution in [3.63, 3.8) is 0 Å². The van der Waals surface area contributed by atoms with E-state index in [9.17, 15) is 27.9 Å². The van der Waals surface area contributed by atoms with Crippen LogP contribution in [0.25, 0.3) is 6.08 Å². The fourth-order valence-corrected chi connectivity index (χ4v) is 3.93. The molecule has 1 aromatic heterocycles. The van der Waals surface area contributed by atoms with Gasteiger partial charge in [-0.2, -0.15) is 13.2 Å². The van der Waals surface area contributed by atoms with Crippen molar-refractivity contribution in [1.29, 1.82) is 0 Å². The van der Waals surface area contributed by atoms with Crippen LogP contribution in [0.1, 0.15) is 42.3 Å². The molecule has 0 radical (unpaired) electrons. The first-order valence-corrected chi connectivity index (χ1v) is 11.8. The molecule has 11 heteroatoms. The number of nitrogens with one attached hydrogen (secondary N) is 1. The summed E-state index contributed by atoms with van der Waals surface area (Å²) in [5.41, 5.74) is 0.377. The van der Waals surface area contributed by atoms with E-state index in [1.54, 1.807) is 30.2 Å². The molecule has 2 N–H and O–H groups in total. The number of anilines is 1. The molecule has 1 aliphatic rings. The Morgan fingerprint density at radius 2 is 2.03 bits per heavy atom. The Hall–Kier alpha value is -3.60. The van der Waals surface area contributed by atoms with Crippen LogP contribution in [0, 0.1) is 5.92 Å². The van der Waals surface area contributed by atoms with Gasteiger partial charge in [0.15, 0.2) is 0 Å². The van der Waals surface area contributed by atoms with Gasteiger partial charge in [-0.25, -0.2) is 9.78 Å². The lowest BCUT2D eigenvalue weighted by Crippen LogP contribution is -2.50. The molecular weight excluding hydrogens is 489 g/mol. The number of amides is 3. The van der Waals surface area contributed by atoms with Crippen LogP contribution >= 0.6 is 0 Å². The van der Waals surface area contributed by atoms with Gasteiger partial charge in [-0.05, 0) is 49.7 Å². The largest absolute Gasteiger partial charge is 0.472 e. The number of likely N-dealkylation sites (N-methyl/N-ethyl adjacent to an activating group) is 1. The highest BCUT2D eigenvalue weighted by molar-refractivity contribution is 5.97. The summed E-state index contributed by atoms with van der Waals surface area (Å²) in [6, 6.07) is 4.86. The lowest BCUT2D eigenvalue weighted by Gasteiger charge is -2.37. The molecule has 1 aliphatic heterocycles. The van der Waals surface area contributed by atoms with Gasteiger partial charge >= 0.3 is 12.2 Å². The number of ether oxygens (including phenoxy) is 1. The molecule has 2 aromatic rings. The van der Waals surface area contributed by atoms with Gasteiger partial charge in [0.25, 0.3) is 5.91 Å². The van der Waals surface area contributed by atoms with Gasteiger partial charge in [0.05, 0.1) is 24.8 Å². The fourth-order valence-electron chi connectivity index (χ4n) is 3.93. The molecule has 3 amide bonds. The number of urea groups is 1. The van der Waals surface area contributed by atoms with Gasteiger partial charge in [-0.15, -0.1) is 0 Å². The maximum atomic E-state index is 13.3. The highest BCUT2D eigenvalue weighted by Gasteiger charge is 2.35. The van der Waals surface area contributed by atoms with Gasteiger partial charge in [0.2, 0.25) is 5.88 Å². The second kappa shape index (κ2) is 11.6. The number of rotatable bonds is 6. The molecule has 0 aliphatic carbocycles. The standard InChI is InChI=1S/C26H31F3N4O4/c1-5-6-18-11-21-23(30-12-18)37-22(16(2)13-33(24(21)35)17(3)15-34)14-32(4)25(36)31-20-9-7-19(8-10-20)26(27,28)29/h5-12,16-17,22,34H,13-15H2,1-4H3,(H,31,36)/b6-5+/t16-,17+,22-/m0/s1. The average Bonchev–Trinajstić information content (AvgIpc) is 2.85. The summed E-state index contributed by atoms with van der Waals surface area (Å²) >= 11 is 0. The summed E-state index contributed by atoms with van der Waals surface area (Å²) < 4.78 is 44.6. The minimum Gasteiger partial charge on any atom is -0.472 e. The number of aliphatic hydroxyl groups is 1. The number of aromatic nitrogens is 1. The van der Waals surface area contributed by atoms with E-state index < -0.39 is 29.9 Å². The smallest absolute Gasteiger partial charge is 0.416 e. The predicted octanol–water partition coefficient (Wildman–Crippen LogP) is 4.52. The zero-order chi connectivity index (χ0) is 27.3. The lowest BCUT2D eigenvalue weighted by atomic mass is 10.00. The summed E-state index contributed by atoms with van der Waals surface area (Å²) in [5.74, 6) is -0.431. The second-order valence-electron chi connectivity index (χ2n) is 9.13. The third-order valence-electron chi connectivity index (χ3n) is 6.17. The van der Waals surface area contributed by atoms with E-state index in [-0.39, 0.29) is 48.7 Å². The van der Waals surface area contributed by atoms with Crippen molar-refractivity contribution in [3.05, 3.63) is 59.3 Å². The van der Waals surface area contributed by atoms with Crippen molar-refractivity contribution in [2.24, 2.45) is 5.92 Å². The number of aliphatic hydroxyl groups excluding tert-OH is 1. The number of fused-ring (bicyclic) bond motifs is 1. The van der Waals surface area contributed by atoms with Crippen LogP contribution in [0.15, 0.2) is 42.6 Å². The molecule has 0 fully saturated rings. The number of alkyl halides is 3. The molecular formula is C26H31F3N4O4. The molecule has 8 nitrogen and oxygen atoms in total. The number of halogens is 3. The number of hydrogen-bond acceptors (Lipinski definition) is 5. The molecule has 1 aromatic carbocycles. The number of pyridine rings is 1. The van der Waals surface area contributed by atoms with Gasteiger partial charge < -0.3 is 25.0 Å². The molecule has 3 atom stereocenters. The Balaban J connectivity index is 1.81. The zero-order valence-corrected chi connectivity index (χ0v) is 21.1. The molecule has 37 heavy (non-hydrogen) atoms. The van der Waals surface area contributed by atoms with Crippen LogP contribution in [0.4, 0.5) is 23.7 Å². The monoisotopic (exact) mass is 520 g/mol. The minimum atomic E-state index is -4.47. The van der Waals surface area contributed by atoms with Crippen molar-refractivity contribution in [2.45, 2.75) is 39.1 Å². The minimum absolute atomic E-state index is 0.112. The van der Waals surface area contributed by atoms with E-state index in [4.69, 9.17) is 4.74 Å². The first kappa shape index (κ1) is 28.0. The summed E-state index contributed by atoms with van der Waals surface area (Å²) in [4.78, 5) is 33.4. The number of allylic oxidation sites excluding steroid dienone is 1. The normalized spacial score (nSPS) is 19.0. The number of benzene rings is 1. The van der Waals surface area contributed by atoms with Crippen LogP contribution in [0.5, 0.6) is 5.88 Å². The highest BCUT2D eigenvalue weighted by Crippen LogP contribution is 2.30. The quantitative estimate of drug-likeness (QED) is 0.584. The van der Waals surface area contributed by atoms with Crippen molar-refractivity contribution < 1.29 is 32.6 Å². The van der Waals surface area contributed by atoms with Gasteiger partial charge in [0, 0.05) is 31.4 Å². The molecule has 3 rings (SSSR count). The first-order chi connectivity index (χ1) is 17.4. The SMILES string of the molecule is C/C=C/c1cnc2c(c1)C(=O)N([C@H](C)CO)C[C@H](C)[C@H](CN(C)C(=O)Nc1ccc(C(F)(F)F)cc1)O2. The number of carbonyl (C=O) groups is 2. The number of carbonyl (C=O) groups excluding carboxylic acids is 2. The number of nitrogens with zero attached hydrogens (tertiary/aromatic N) is 3. The van der Waals surface area contributed by atoms with E-state index >= 15 is 0 Å². The summed E-state index contributed by atoms with van der Waals surface area (Å²) in [7, 11) is 1.54. The molecule has 2 heterocycles. The third kappa shape index (κ3) is 6.79. The summed E-state index contributed by atoms with van der Waals surface area (Å²) in [6.45, 7) is 5.62. The summed E-state index contributed by atoms with van der Waals surface area (Å²) in [5, 5.41) is 12.3. The molecule has 0 saturated heterocycles. The Morgan fingerprint density at radius 1 is 1.35 bits per heavy atom. The Kier molecular flexibility index (Phi) is 8.80. The zero-order valence-electron chi connectivity index (χ0n) is 21.1. The maximum absolute atomic E-state index is 13.3. The molecule has 0 bridgehead atoms. The van der Waals surface area contributed by atoms with Crippen LogP contribution in [0.2, 0.25) is 0 Å². The van der Waals surface area contributed by atoms with Crippen LogP contribution < -0.4 is 10.1 Å². The van der Waals surface area contributed by atoms with E-state index in [0.717, 1.165) is 12.1 Å². The topological polar surface area (TPSA) is 95.0 Å². The highest BCUT2D eigenvalue weighted by atomic mass is 19.4. The predicted molar refractivity (Wildman–Crippen MR) is 133 cm³/mol. The van der Waals surface area contributed by atoms with E-state index in [1.165, 1.54) is 24.1 Å². The van der Waals surface area contributed by atoms with E-state index in [2.05, 4.69) is 10.3 Å². The maximum Gasteiger partial charge on any atom is 0.416 e. The second-order valence-corrected chi connectivity index (χ2v) is 9.13. The fraction of sp³-hybridized carbons (Fsp3) is 0.423. The first-order valence-electron chi connectivity index (χ1n) is 11.8.